The van der Waals surface area contributed by atoms with Gasteiger partial charge in [0, 0.05) is 6.20 Å². The van der Waals surface area contributed by atoms with E-state index in [1.54, 1.807) is 25.3 Å². The molecule has 0 unspecified atom stereocenters. The van der Waals surface area contributed by atoms with E-state index in [4.69, 9.17) is 0 Å². The molecule has 0 atom stereocenters. The van der Waals surface area contributed by atoms with E-state index in [2.05, 4.69) is 4.98 Å². The highest BCUT2D eigenvalue weighted by atomic mass is 19.1. The molecule has 2 nitrogen and oxygen atoms in total. The quantitative estimate of drug-likeness (QED) is 0.774. The maximum absolute atomic E-state index is 13.8. The number of rotatable bonds is 3. The molecule has 3 heteroatoms. The first-order chi connectivity index (χ1) is 8.59. The van der Waals surface area contributed by atoms with Crippen LogP contribution < -0.4 is 0 Å². The highest BCUT2D eigenvalue weighted by Gasteiger charge is 2.14. The fourth-order valence-electron chi connectivity index (χ4n) is 1.81. The van der Waals surface area contributed by atoms with E-state index in [-0.39, 0.29) is 17.8 Å². The van der Waals surface area contributed by atoms with Crippen LogP contribution in [0.4, 0.5) is 4.39 Å². The summed E-state index contributed by atoms with van der Waals surface area (Å²) in [7, 11) is 0. The molecule has 0 amide bonds. The van der Waals surface area contributed by atoms with Gasteiger partial charge in [0.15, 0.2) is 5.78 Å². The monoisotopic (exact) mass is 243 g/mol. The van der Waals surface area contributed by atoms with Crippen molar-refractivity contribution in [2.75, 3.05) is 0 Å². The number of hydrogen-bond donors (Lipinski definition) is 0. The lowest BCUT2D eigenvalue weighted by atomic mass is 10.0. The number of carbonyl (C=O) groups excluding carboxylic acids is 1. The molecule has 0 N–H and O–H groups in total. The molecule has 0 spiro atoms. The molecule has 92 valence electrons. The maximum atomic E-state index is 13.8. The molecule has 1 aromatic carbocycles. The summed E-state index contributed by atoms with van der Waals surface area (Å²) < 4.78 is 13.8. The smallest absolute Gasteiger partial charge is 0.171 e. The Morgan fingerprint density at radius 2 is 1.89 bits per heavy atom. The Morgan fingerprint density at radius 1 is 1.17 bits per heavy atom. The lowest BCUT2D eigenvalue weighted by Crippen LogP contribution is -2.09. The minimum Gasteiger partial charge on any atom is -0.294 e. The van der Waals surface area contributed by atoms with Crippen molar-refractivity contribution >= 4 is 5.78 Å². The van der Waals surface area contributed by atoms with Gasteiger partial charge in [0.2, 0.25) is 0 Å². The molecule has 0 saturated heterocycles. The number of aryl methyl sites for hydroxylation is 2. The van der Waals surface area contributed by atoms with E-state index >= 15 is 0 Å². The van der Waals surface area contributed by atoms with Gasteiger partial charge >= 0.3 is 0 Å². The summed E-state index contributed by atoms with van der Waals surface area (Å²) in [5.74, 6) is -0.672. The SMILES string of the molecule is Cc1cccnc1CC(=O)c1cccc(C)c1F. The normalized spacial score (nSPS) is 10.4. The van der Waals surface area contributed by atoms with Crippen molar-refractivity contribution in [1.82, 2.24) is 4.98 Å². The van der Waals surface area contributed by atoms with E-state index in [0.717, 1.165) is 5.56 Å². The first-order valence-electron chi connectivity index (χ1n) is 5.78. The molecule has 2 rings (SSSR count). The van der Waals surface area contributed by atoms with E-state index in [9.17, 15) is 9.18 Å². The van der Waals surface area contributed by atoms with Crippen LogP contribution in [0, 0.1) is 19.7 Å². The highest BCUT2D eigenvalue weighted by molar-refractivity contribution is 5.97. The molecule has 0 aliphatic rings. The molecule has 0 radical (unpaired) electrons. The molecule has 0 bridgehead atoms. The van der Waals surface area contributed by atoms with E-state index < -0.39 is 5.82 Å². The van der Waals surface area contributed by atoms with Crippen molar-refractivity contribution < 1.29 is 9.18 Å². The fourth-order valence-corrected chi connectivity index (χ4v) is 1.81. The second-order valence-electron chi connectivity index (χ2n) is 4.30. The maximum Gasteiger partial charge on any atom is 0.171 e. The average Bonchev–Trinajstić information content (AvgIpc) is 2.35. The third-order valence-electron chi connectivity index (χ3n) is 2.94. The van der Waals surface area contributed by atoms with Crippen LogP contribution in [0.2, 0.25) is 0 Å². The zero-order chi connectivity index (χ0) is 13.1. The number of Topliss-reactive ketones (excluding diaryl/α,β-unsaturated/α-hetero) is 1. The van der Waals surface area contributed by atoms with Crippen LogP contribution in [-0.4, -0.2) is 10.8 Å². The van der Waals surface area contributed by atoms with Gasteiger partial charge in [-0.1, -0.05) is 18.2 Å². The topological polar surface area (TPSA) is 30.0 Å². The molecule has 0 saturated carbocycles. The zero-order valence-corrected chi connectivity index (χ0v) is 10.4. The molecule has 1 heterocycles. The number of hydrogen-bond acceptors (Lipinski definition) is 2. The second kappa shape index (κ2) is 5.08. The first-order valence-corrected chi connectivity index (χ1v) is 5.78. The second-order valence-corrected chi connectivity index (χ2v) is 4.30. The number of pyridine rings is 1. The standard InChI is InChI=1S/C15H14FNO/c1-10-6-4-8-17-13(10)9-14(18)12-7-3-5-11(2)15(12)16/h3-8H,9H2,1-2H3. The van der Waals surface area contributed by atoms with E-state index in [1.165, 1.54) is 6.07 Å². The summed E-state index contributed by atoms with van der Waals surface area (Å²) in [6, 6.07) is 8.57. The lowest BCUT2D eigenvalue weighted by Gasteiger charge is -2.06. The first kappa shape index (κ1) is 12.4. The Balaban J connectivity index is 2.28. The molecule has 2 aromatic rings. The molecular formula is C15H14FNO. The van der Waals surface area contributed by atoms with E-state index in [1.807, 2.05) is 19.1 Å². The minimum absolute atomic E-state index is 0.132. The number of carbonyl (C=O) groups is 1. The molecule has 0 aliphatic heterocycles. The van der Waals surface area contributed by atoms with Crippen molar-refractivity contribution in [3.8, 4) is 0 Å². The third-order valence-corrected chi connectivity index (χ3v) is 2.94. The Labute approximate surface area is 105 Å². The Bertz CT molecular complexity index is 593. The third kappa shape index (κ3) is 2.45. The van der Waals surface area contributed by atoms with Crippen LogP contribution >= 0.6 is 0 Å². The van der Waals surface area contributed by atoms with Gasteiger partial charge in [0.05, 0.1) is 17.7 Å². The van der Waals surface area contributed by atoms with Crippen LogP contribution in [0.3, 0.4) is 0 Å². The predicted octanol–water partition coefficient (Wildman–Crippen LogP) is 3.26. The summed E-state index contributed by atoms with van der Waals surface area (Å²) in [4.78, 5) is 16.2. The molecule has 1 aromatic heterocycles. The van der Waals surface area contributed by atoms with Gasteiger partial charge < -0.3 is 0 Å². The molecule has 0 aliphatic carbocycles. The van der Waals surface area contributed by atoms with Crippen molar-refractivity contribution in [2.24, 2.45) is 0 Å². The van der Waals surface area contributed by atoms with Crippen molar-refractivity contribution in [3.63, 3.8) is 0 Å². The Morgan fingerprint density at radius 3 is 2.61 bits per heavy atom. The average molecular weight is 243 g/mol. The van der Waals surface area contributed by atoms with Crippen LogP contribution in [0.15, 0.2) is 36.5 Å². The molecule has 0 fully saturated rings. The summed E-state index contributed by atoms with van der Waals surface area (Å²) in [6.07, 6.45) is 1.77. The lowest BCUT2D eigenvalue weighted by molar-refractivity contribution is 0.0987. The van der Waals surface area contributed by atoms with Gasteiger partial charge in [0.25, 0.3) is 0 Å². The number of aromatic nitrogens is 1. The van der Waals surface area contributed by atoms with Crippen molar-refractivity contribution in [3.05, 3.63) is 64.7 Å². The van der Waals surface area contributed by atoms with Crippen LogP contribution in [-0.2, 0) is 6.42 Å². The van der Waals surface area contributed by atoms with E-state index in [0.29, 0.717) is 11.3 Å². The number of ketones is 1. The summed E-state index contributed by atoms with van der Waals surface area (Å²) in [5, 5.41) is 0. The fraction of sp³-hybridized carbons (Fsp3) is 0.200. The largest absolute Gasteiger partial charge is 0.294 e. The summed E-state index contributed by atoms with van der Waals surface area (Å²) >= 11 is 0. The van der Waals surface area contributed by atoms with Gasteiger partial charge in [0.1, 0.15) is 5.82 Å². The molecule has 18 heavy (non-hydrogen) atoms. The van der Waals surface area contributed by atoms with Crippen LogP contribution in [0.25, 0.3) is 0 Å². The van der Waals surface area contributed by atoms with Crippen molar-refractivity contribution in [2.45, 2.75) is 20.3 Å². The summed E-state index contributed by atoms with van der Waals surface area (Å²) in [5.41, 5.74) is 2.26. The summed E-state index contributed by atoms with van der Waals surface area (Å²) in [6.45, 7) is 3.54. The van der Waals surface area contributed by atoms with Crippen LogP contribution in [0.1, 0.15) is 27.2 Å². The number of nitrogens with zero attached hydrogens (tertiary/aromatic N) is 1. The van der Waals surface area contributed by atoms with Gasteiger partial charge in [-0.15, -0.1) is 0 Å². The Hall–Kier alpha value is -2.03. The zero-order valence-electron chi connectivity index (χ0n) is 10.4. The van der Waals surface area contributed by atoms with Gasteiger partial charge in [-0.05, 0) is 37.1 Å². The van der Waals surface area contributed by atoms with Crippen molar-refractivity contribution in [1.29, 1.82) is 0 Å². The number of halogens is 1. The van der Waals surface area contributed by atoms with Gasteiger partial charge in [-0.3, -0.25) is 9.78 Å². The Kier molecular flexibility index (Phi) is 3.51. The van der Waals surface area contributed by atoms with Gasteiger partial charge in [-0.2, -0.15) is 0 Å². The number of benzene rings is 1. The highest BCUT2D eigenvalue weighted by Crippen LogP contribution is 2.15. The van der Waals surface area contributed by atoms with Gasteiger partial charge in [-0.25, -0.2) is 4.39 Å². The molecular weight excluding hydrogens is 229 g/mol. The predicted molar refractivity (Wildman–Crippen MR) is 68.1 cm³/mol. The van der Waals surface area contributed by atoms with Crippen LogP contribution in [0.5, 0.6) is 0 Å². The minimum atomic E-state index is -0.434.